The van der Waals surface area contributed by atoms with E-state index in [0.29, 0.717) is 6.42 Å². The minimum Gasteiger partial charge on any atom is -0.369 e. The molecule has 0 saturated carbocycles. The molecule has 1 amide bonds. The van der Waals surface area contributed by atoms with Crippen LogP contribution in [0.25, 0.3) is 10.4 Å². The van der Waals surface area contributed by atoms with E-state index in [9.17, 15) is 4.79 Å². The van der Waals surface area contributed by atoms with Gasteiger partial charge in [-0.2, -0.15) is 0 Å². The summed E-state index contributed by atoms with van der Waals surface area (Å²) in [5, 5.41) is 3.27. The molecular weight excluding hydrogens is 144 g/mol. The van der Waals surface area contributed by atoms with Gasteiger partial charge >= 0.3 is 0 Å². The Morgan fingerprint density at radius 2 is 2.45 bits per heavy atom. The molecule has 2 N–H and O–H groups in total. The molecule has 0 bridgehead atoms. The predicted molar refractivity (Wildman–Crippen MR) is 41.7 cm³/mol. The molecule has 62 valence electrons. The Hall–Kier alpha value is -1.22. The molecule has 11 heavy (non-hydrogen) atoms. The maximum absolute atomic E-state index is 10.6. The van der Waals surface area contributed by atoms with Gasteiger partial charge in [-0.1, -0.05) is 24.9 Å². The van der Waals surface area contributed by atoms with Crippen molar-refractivity contribution in [2.24, 2.45) is 10.8 Å². The van der Waals surface area contributed by atoms with E-state index in [2.05, 4.69) is 10.0 Å². The number of primary amides is 1. The number of nitrogens with zero attached hydrogens (tertiary/aromatic N) is 3. The average molecular weight is 156 g/mol. The minimum absolute atomic E-state index is 0.545. The van der Waals surface area contributed by atoms with Gasteiger partial charge in [0.1, 0.15) is 6.04 Å². The minimum atomic E-state index is -0.667. The molecular formula is C6H12N4O. The highest BCUT2D eigenvalue weighted by atomic mass is 16.1. The van der Waals surface area contributed by atoms with Crippen LogP contribution in [0.15, 0.2) is 5.11 Å². The lowest BCUT2D eigenvalue weighted by atomic mass is 10.1. The largest absolute Gasteiger partial charge is 0.369 e. The number of rotatable bonds is 5. The van der Waals surface area contributed by atoms with Crippen LogP contribution in [0, 0.1) is 0 Å². The van der Waals surface area contributed by atoms with Crippen molar-refractivity contribution in [2.75, 3.05) is 0 Å². The van der Waals surface area contributed by atoms with Crippen LogP contribution in [0.3, 0.4) is 0 Å². The lowest BCUT2D eigenvalue weighted by molar-refractivity contribution is -0.119. The molecule has 0 aromatic carbocycles. The van der Waals surface area contributed by atoms with Crippen LogP contribution in [0.2, 0.25) is 0 Å². The van der Waals surface area contributed by atoms with E-state index in [1.807, 2.05) is 6.92 Å². The Labute approximate surface area is 65.2 Å². The number of carbonyl (C=O) groups excluding carboxylic acids is 1. The highest BCUT2D eigenvalue weighted by Crippen LogP contribution is 2.03. The number of azide groups is 1. The molecule has 0 unspecified atom stereocenters. The third-order valence-electron chi connectivity index (χ3n) is 1.35. The highest BCUT2D eigenvalue weighted by Gasteiger charge is 2.11. The number of amides is 1. The third kappa shape index (κ3) is 4.22. The molecule has 0 aliphatic heterocycles. The molecule has 0 heterocycles. The molecule has 0 rings (SSSR count). The number of unbranched alkanes of at least 4 members (excludes halogenated alkanes) is 1. The quantitative estimate of drug-likeness (QED) is 0.363. The number of carbonyl (C=O) groups is 1. The molecule has 1 atom stereocenters. The van der Waals surface area contributed by atoms with Crippen molar-refractivity contribution in [1.29, 1.82) is 0 Å². The molecule has 5 heteroatoms. The molecule has 0 radical (unpaired) electrons. The monoisotopic (exact) mass is 156 g/mol. The summed E-state index contributed by atoms with van der Waals surface area (Å²) in [6, 6.07) is -0.667. The number of hydrogen-bond donors (Lipinski definition) is 1. The zero-order valence-electron chi connectivity index (χ0n) is 6.53. The second-order valence-electron chi connectivity index (χ2n) is 2.27. The van der Waals surface area contributed by atoms with Crippen molar-refractivity contribution >= 4 is 5.91 Å². The zero-order chi connectivity index (χ0) is 8.69. The van der Waals surface area contributed by atoms with E-state index in [-0.39, 0.29) is 0 Å². The van der Waals surface area contributed by atoms with E-state index in [1.165, 1.54) is 0 Å². The Bertz CT molecular complexity index is 171. The van der Waals surface area contributed by atoms with E-state index in [4.69, 9.17) is 11.3 Å². The molecule has 0 aliphatic rings. The van der Waals surface area contributed by atoms with Crippen LogP contribution in [0.1, 0.15) is 26.2 Å². The fraction of sp³-hybridized carbons (Fsp3) is 0.833. The first-order valence-corrected chi connectivity index (χ1v) is 3.56. The lowest BCUT2D eigenvalue weighted by Crippen LogP contribution is -2.26. The second kappa shape index (κ2) is 5.56. The molecule has 0 fully saturated rings. The molecule has 0 aromatic rings. The predicted octanol–water partition coefficient (Wildman–Crippen LogP) is 1.34. The van der Waals surface area contributed by atoms with Gasteiger partial charge in [0.25, 0.3) is 0 Å². The standard InChI is InChI=1S/C6H12N4O/c1-2-3-4-5(6(7)11)9-10-8/h5H,2-4H2,1H3,(H2,7,11)/t5-/m0/s1. The molecule has 0 aliphatic carbocycles. The first-order valence-electron chi connectivity index (χ1n) is 3.56. The van der Waals surface area contributed by atoms with E-state index in [0.717, 1.165) is 12.8 Å². The first kappa shape index (κ1) is 9.78. The highest BCUT2D eigenvalue weighted by molar-refractivity contribution is 5.79. The summed E-state index contributed by atoms with van der Waals surface area (Å²) in [4.78, 5) is 13.1. The van der Waals surface area contributed by atoms with Gasteiger partial charge in [-0.15, -0.1) is 0 Å². The smallest absolute Gasteiger partial charge is 0.226 e. The van der Waals surface area contributed by atoms with Gasteiger partial charge in [0, 0.05) is 4.91 Å². The van der Waals surface area contributed by atoms with Gasteiger partial charge in [0.15, 0.2) is 0 Å². The van der Waals surface area contributed by atoms with Crippen LogP contribution in [0.5, 0.6) is 0 Å². The first-order chi connectivity index (χ1) is 5.22. The Kier molecular flexibility index (Phi) is 4.94. The summed E-state index contributed by atoms with van der Waals surface area (Å²) in [6.07, 6.45) is 2.37. The van der Waals surface area contributed by atoms with Crippen LogP contribution >= 0.6 is 0 Å². The van der Waals surface area contributed by atoms with Crippen LogP contribution in [-0.2, 0) is 4.79 Å². The topological polar surface area (TPSA) is 91.8 Å². The summed E-state index contributed by atoms with van der Waals surface area (Å²) in [5.41, 5.74) is 13.0. The molecule has 0 spiro atoms. The van der Waals surface area contributed by atoms with Gasteiger partial charge in [0.05, 0.1) is 0 Å². The van der Waals surface area contributed by atoms with Crippen molar-refractivity contribution in [2.45, 2.75) is 32.2 Å². The Balaban J connectivity index is 3.89. The zero-order valence-corrected chi connectivity index (χ0v) is 6.53. The van der Waals surface area contributed by atoms with Crippen molar-refractivity contribution < 1.29 is 4.79 Å². The van der Waals surface area contributed by atoms with Crippen LogP contribution in [0.4, 0.5) is 0 Å². The van der Waals surface area contributed by atoms with Crippen molar-refractivity contribution in [1.82, 2.24) is 0 Å². The molecule has 0 aromatic heterocycles. The maximum Gasteiger partial charge on any atom is 0.226 e. The van der Waals surface area contributed by atoms with Crippen LogP contribution < -0.4 is 5.73 Å². The fourth-order valence-electron chi connectivity index (χ4n) is 0.717. The summed E-state index contributed by atoms with van der Waals surface area (Å²) in [6.45, 7) is 1.99. The summed E-state index contributed by atoms with van der Waals surface area (Å²) in [7, 11) is 0. The Morgan fingerprint density at radius 3 is 2.82 bits per heavy atom. The lowest BCUT2D eigenvalue weighted by Gasteiger charge is -2.03. The van der Waals surface area contributed by atoms with Gasteiger partial charge < -0.3 is 5.73 Å². The van der Waals surface area contributed by atoms with Crippen LogP contribution in [-0.4, -0.2) is 11.9 Å². The summed E-state index contributed by atoms with van der Waals surface area (Å²) < 4.78 is 0. The fourth-order valence-corrected chi connectivity index (χ4v) is 0.717. The van der Waals surface area contributed by atoms with Crippen molar-refractivity contribution in [3.05, 3.63) is 10.4 Å². The van der Waals surface area contributed by atoms with E-state index >= 15 is 0 Å². The summed E-state index contributed by atoms with van der Waals surface area (Å²) in [5.74, 6) is -0.545. The normalized spacial score (nSPS) is 11.7. The molecule has 0 saturated heterocycles. The third-order valence-corrected chi connectivity index (χ3v) is 1.35. The second-order valence-corrected chi connectivity index (χ2v) is 2.27. The van der Waals surface area contributed by atoms with E-state index < -0.39 is 11.9 Å². The average Bonchev–Trinajstić information content (AvgIpc) is 1.97. The number of hydrogen-bond acceptors (Lipinski definition) is 2. The Morgan fingerprint density at radius 1 is 1.82 bits per heavy atom. The van der Waals surface area contributed by atoms with Gasteiger partial charge in [-0.05, 0) is 12.0 Å². The molecule has 5 nitrogen and oxygen atoms in total. The van der Waals surface area contributed by atoms with Gasteiger partial charge in [-0.25, -0.2) is 0 Å². The summed E-state index contributed by atoms with van der Waals surface area (Å²) >= 11 is 0. The van der Waals surface area contributed by atoms with Crippen molar-refractivity contribution in [3.63, 3.8) is 0 Å². The van der Waals surface area contributed by atoms with Crippen molar-refractivity contribution in [3.8, 4) is 0 Å². The maximum atomic E-state index is 10.6. The number of nitrogens with two attached hydrogens (primary N) is 1. The van der Waals surface area contributed by atoms with Gasteiger partial charge in [0.2, 0.25) is 5.91 Å². The van der Waals surface area contributed by atoms with E-state index in [1.54, 1.807) is 0 Å². The SMILES string of the molecule is CCCC[C@H](N=[N+]=[N-])C(N)=O. The van der Waals surface area contributed by atoms with Gasteiger partial charge in [-0.3, -0.25) is 4.79 Å².